The van der Waals surface area contributed by atoms with Gasteiger partial charge >= 0.3 is 17.1 Å². The van der Waals surface area contributed by atoms with E-state index in [0.29, 0.717) is 13.7 Å². The molecule has 0 aliphatic rings. The monoisotopic (exact) mass is 456 g/mol. The lowest BCUT2D eigenvalue weighted by atomic mass is 10.3. The maximum Gasteiger partial charge on any atom is 0.345 e. The number of rotatable bonds is 3. The molecule has 4 aromatic heterocycles. The summed E-state index contributed by atoms with van der Waals surface area (Å²) < 4.78 is 0.937. The van der Waals surface area contributed by atoms with E-state index in [1.165, 1.54) is 0 Å². The van der Waals surface area contributed by atoms with Crippen molar-refractivity contribution in [2.75, 3.05) is 0 Å². The summed E-state index contributed by atoms with van der Waals surface area (Å²) in [5.74, 6) is -2.14. The number of aromatic amines is 3. The van der Waals surface area contributed by atoms with E-state index in [1.54, 1.807) is 0 Å². The molecule has 0 bridgehead atoms. The Kier molecular flexibility index (Phi) is 4.70. The molecule has 0 amide bonds. The van der Waals surface area contributed by atoms with Gasteiger partial charge in [-0.25, -0.2) is 28.1 Å². The Morgan fingerprint density at radius 3 is 0.909 bits per heavy atom. The average molecular weight is 456 g/mol. The van der Waals surface area contributed by atoms with Crippen LogP contribution in [0.1, 0.15) is 0 Å². The lowest BCUT2D eigenvalue weighted by molar-refractivity contribution is 0.451. The number of hydrogen-bond donors (Lipinski definition) is 6. The van der Waals surface area contributed by atoms with E-state index in [2.05, 4.69) is 0 Å². The van der Waals surface area contributed by atoms with Crippen molar-refractivity contribution in [2.45, 2.75) is 0 Å². The molecule has 4 heterocycles. The van der Waals surface area contributed by atoms with Gasteiger partial charge in [0.2, 0.25) is 0 Å². The zero-order chi connectivity index (χ0) is 24.0. The second-order valence-electron chi connectivity index (χ2n) is 6.62. The Morgan fingerprint density at radius 2 is 0.697 bits per heavy atom. The molecule has 0 saturated carbocycles. The third kappa shape index (κ3) is 3.65. The molecule has 0 aliphatic carbocycles. The van der Waals surface area contributed by atoms with Gasteiger partial charge in [-0.1, -0.05) is 0 Å². The van der Waals surface area contributed by atoms with E-state index < -0.39 is 68.4 Å². The van der Waals surface area contributed by atoms with Crippen molar-refractivity contribution in [3.8, 4) is 34.7 Å². The largest absolute Gasteiger partial charge is 0.494 e. The number of hydrogen-bond acceptors (Lipinski definition) is 9. The first kappa shape index (κ1) is 20.9. The first-order valence-corrected chi connectivity index (χ1v) is 8.87. The third-order valence-corrected chi connectivity index (χ3v) is 4.37. The Morgan fingerprint density at radius 1 is 0.455 bits per heavy atom. The molecule has 0 saturated heterocycles. The van der Waals surface area contributed by atoms with Crippen LogP contribution in [0.15, 0.2) is 65.2 Å². The van der Waals surface area contributed by atoms with Gasteiger partial charge in [0.25, 0.3) is 16.7 Å². The molecule has 4 rings (SSSR count). The third-order valence-electron chi connectivity index (χ3n) is 4.37. The summed E-state index contributed by atoms with van der Waals surface area (Å²) in [6, 6.07) is 4.83. The molecule has 168 valence electrons. The maximum absolute atomic E-state index is 13.2. The van der Waals surface area contributed by atoms with Gasteiger partial charge in [-0.3, -0.25) is 29.3 Å². The van der Waals surface area contributed by atoms with Crippen molar-refractivity contribution in [2.24, 2.45) is 0 Å². The smallest absolute Gasteiger partial charge is 0.345 e. The first-order valence-electron chi connectivity index (χ1n) is 8.87. The molecule has 0 radical (unpaired) electrons. The Balaban J connectivity index is 2.25. The molecule has 15 nitrogen and oxygen atoms in total. The first-order chi connectivity index (χ1) is 15.5. The second kappa shape index (κ2) is 7.41. The Labute approximate surface area is 178 Å². The number of aromatic nitrogens is 6. The number of nitrogens with one attached hydrogen (secondary N) is 3. The molecule has 0 spiro atoms. The molecule has 4 aromatic rings. The quantitative estimate of drug-likeness (QED) is 0.189. The fourth-order valence-electron chi connectivity index (χ4n) is 3.14. The average Bonchev–Trinajstić information content (AvgIpc) is 2.65. The van der Waals surface area contributed by atoms with E-state index in [4.69, 9.17) is 0 Å². The fourth-order valence-corrected chi connectivity index (χ4v) is 3.14. The Hall–Kier alpha value is -5.34. The van der Waals surface area contributed by atoms with Crippen molar-refractivity contribution in [3.05, 3.63) is 98.9 Å². The highest BCUT2D eigenvalue weighted by Crippen LogP contribution is 2.10. The highest BCUT2D eigenvalue weighted by atomic mass is 16.3. The standard InChI is InChI=1S/C18H12N6O9/c25-10-1-7(2-11(26)19-10)22-16(31)23(8-3-12(27)20-13(28)4-8)18(33)24(17(22)32)9-5-14(29)21-15(30)6-9/h1-6H,(H2,19,25,26)(H2,20,27,28)(H2,21,29,30). The number of pyridine rings is 3. The van der Waals surface area contributed by atoms with Crippen LogP contribution in [0.2, 0.25) is 0 Å². The van der Waals surface area contributed by atoms with Crippen LogP contribution in [-0.2, 0) is 0 Å². The lowest BCUT2D eigenvalue weighted by Gasteiger charge is -2.14. The van der Waals surface area contributed by atoms with Crippen molar-refractivity contribution < 1.29 is 15.3 Å². The predicted octanol–water partition coefficient (Wildman–Crippen LogP) is -2.68. The van der Waals surface area contributed by atoms with Crippen LogP contribution in [0.5, 0.6) is 17.6 Å². The second-order valence-corrected chi connectivity index (χ2v) is 6.62. The zero-order valence-electron chi connectivity index (χ0n) is 16.1. The number of aromatic hydroxyl groups is 3. The molecule has 0 aliphatic heterocycles. The summed E-state index contributed by atoms with van der Waals surface area (Å²) in [6.45, 7) is 0. The molecule has 15 heteroatoms. The van der Waals surface area contributed by atoms with Gasteiger partial charge in [-0.2, -0.15) is 0 Å². The van der Waals surface area contributed by atoms with E-state index in [1.807, 2.05) is 15.0 Å². The minimum absolute atomic E-state index is 0.312. The van der Waals surface area contributed by atoms with Crippen molar-refractivity contribution in [1.29, 1.82) is 0 Å². The summed E-state index contributed by atoms with van der Waals surface area (Å²) in [5.41, 5.74) is -8.19. The van der Waals surface area contributed by atoms with Gasteiger partial charge in [0.15, 0.2) is 17.6 Å². The van der Waals surface area contributed by atoms with E-state index in [9.17, 15) is 44.1 Å². The summed E-state index contributed by atoms with van der Waals surface area (Å²) in [6.07, 6.45) is 0. The van der Waals surface area contributed by atoms with Crippen LogP contribution >= 0.6 is 0 Å². The van der Waals surface area contributed by atoms with Gasteiger partial charge in [0.1, 0.15) is 0 Å². The zero-order valence-corrected chi connectivity index (χ0v) is 16.1. The van der Waals surface area contributed by atoms with Gasteiger partial charge in [0.05, 0.1) is 17.1 Å². The van der Waals surface area contributed by atoms with Crippen molar-refractivity contribution >= 4 is 0 Å². The molecule has 0 aromatic carbocycles. The molecule has 0 atom stereocenters. The van der Waals surface area contributed by atoms with Crippen molar-refractivity contribution in [1.82, 2.24) is 28.7 Å². The van der Waals surface area contributed by atoms with E-state index in [0.717, 1.165) is 36.4 Å². The maximum atomic E-state index is 13.2. The van der Waals surface area contributed by atoms with Gasteiger partial charge in [-0.05, 0) is 0 Å². The Bertz CT molecular complexity index is 1550. The summed E-state index contributed by atoms with van der Waals surface area (Å²) in [7, 11) is 0. The van der Waals surface area contributed by atoms with Crippen LogP contribution in [0.25, 0.3) is 17.1 Å². The van der Waals surface area contributed by atoms with Crippen LogP contribution in [0.3, 0.4) is 0 Å². The van der Waals surface area contributed by atoms with Crippen molar-refractivity contribution in [3.63, 3.8) is 0 Å². The predicted molar refractivity (Wildman–Crippen MR) is 110 cm³/mol. The summed E-state index contributed by atoms with van der Waals surface area (Å²) in [5, 5.41) is 29.1. The summed E-state index contributed by atoms with van der Waals surface area (Å²) >= 11 is 0. The fraction of sp³-hybridized carbons (Fsp3) is 0. The van der Waals surface area contributed by atoms with Crippen LogP contribution in [0, 0.1) is 0 Å². The van der Waals surface area contributed by atoms with Crippen LogP contribution in [0.4, 0.5) is 0 Å². The van der Waals surface area contributed by atoms with Crippen LogP contribution in [-0.4, -0.2) is 44.0 Å². The highest BCUT2D eigenvalue weighted by molar-refractivity contribution is 5.39. The van der Waals surface area contributed by atoms with E-state index >= 15 is 0 Å². The minimum Gasteiger partial charge on any atom is -0.494 e. The molecule has 6 N–H and O–H groups in total. The van der Waals surface area contributed by atoms with Gasteiger partial charge in [-0.15, -0.1) is 0 Å². The molecule has 0 fully saturated rings. The summed E-state index contributed by atoms with van der Waals surface area (Å²) in [4.78, 5) is 80.9. The van der Waals surface area contributed by atoms with Crippen LogP contribution < -0.4 is 33.7 Å². The topological polar surface area (TPSA) is 225 Å². The minimum atomic E-state index is -1.37. The molecular formula is C18H12N6O9. The highest BCUT2D eigenvalue weighted by Gasteiger charge is 2.21. The normalized spacial score (nSPS) is 10.9. The lowest BCUT2D eigenvalue weighted by Crippen LogP contribution is -2.53. The molecule has 33 heavy (non-hydrogen) atoms. The number of H-pyrrole nitrogens is 3. The molecule has 0 unspecified atom stereocenters. The van der Waals surface area contributed by atoms with Gasteiger partial charge in [0, 0.05) is 36.4 Å². The number of nitrogens with zero attached hydrogens (tertiary/aromatic N) is 3. The van der Waals surface area contributed by atoms with Gasteiger partial charge < -0.3 is 15.3 Å². The SMILES string of the molecule is O=c1cc(-n2c(=O)n(-c3cc(O)[nH]c(=O)c3)c(=O)n(-c3cc(O)[nH]c(=O)c3)c2=O)cc(O)[nH]1. The van der Waals surface area contributed by atoms with E-state index in [-0.39, 0.29) is 0 Å². The molecular weight excluding hydrogens is 444 g/mol.